The average Bonchev–Trinajstić information content (AvgIpc) is 3.67. The standard InChI is InChI=1S/C47H64N4O4/c1-3-5-6-7-8-9-10-11-12-13-14-15-16-17-18-22-45(52)55-36-51-35-42(46(50-51)43-21-19-20-30-48-43)40-27-31-49-44(34-40)38-23-25-39(26-24-38)47(53)41(4-2)37-28-32-54-33-29-37/h19-21,23-27,30-31,34-35,37,41H,3-18,22,28-29,32-33,36H2,1-2H3. The molecule has 4 heterocycles. The zero-order valence-corrected chi connectivity index (χ0v) is 33.6. The summed E-state index contributed by atoms with van der Waals surface area (Å²) in [5.41, 5.74) is 5.69. The van der Waals surface area contributed by atoms with Crippen molar-refractivity contribution < 1.29 is 19.1 Å². The van der Waals surface area contributed by atoms with Crippen molar-refractivity contribution in [2.75, 3.05) is 13.2 Å². The molecule has 0 N–H and O–H groups in total. The number of carbonyl (C=O) groups excluding carboxylic acids is 2. The van der Waals surface area contributed by atoms with Gasteiger partial charge < -0.3 is 9.47 Å². The second-order valence-corrected chi connectivity index (χ2v) is 15.3. The number of nitrogens with zero attached hydrogens (tertiary/aromatic N) is 4. The molecule has 1 fully saturated rings. The van der Waals surface area contributed by atoms with Gasteiger partial charge in [0.1, 0.15) is 5.69 Å². The number of esters is 1. The van der Waals surface area contributed by atoms with E-state index in [4.69, 9.17) is 14.6 Å². The van der Waals surface area contributed by atoms with Crippen molar-refractivity contribution in [3.8, 4) is 33.8 Å². The SMILES string of the molecule is CCCCCCCCCCCCCCCCCC(=O)OCn1cc(-c2ccnc(-c3ccc(C(=O)C(CC)C4CCOCC4)cc3)c2)c(-c2ccccn2)n1. The number of pyridine rings is 2. The van der Waals surface area contributed by atoms with Crippen LogP contribution in [-0.4, -0.2) is 44.7 Å². The van der Waals surface area contributed by atoms with Crippen LogP contribution in [0.3, 0.4) is 0 Å². The third kappa shape index (κ3) is 13.5. The van der Waals surface area contributed by atoms with Crippen molar-refractivity contribution in [2.45, 2.75) is 143 Å². The first-order chi connectivity index (χ1) is 27.1. The van der Waals surface area contributed by atoms with E-state index in [0.29, 0.717) is 18.0 Å². The number of Topliss-reactive ketones (excluding diaryl/α,β-unsaturated/α-hetero) is 1. The number of ketones is 1. The molecule has 1 aliphatic heterocycles. The van der Waals surface area contributed by atoms with Crippen LogP contribution in [0.25, 0.3) is 33.8 Å². The van der Waals surface area contributed by atoms with Gasteiger partial charge in [0.25, 0.3) is 0 Å². The second-order valence-electron chi connectivity index (χ2n) is 15.3. The Bertz CT molecular complexity index is 1700. The zero-order valence-electron chi connectivity index (χ0n) is 33.6. The van der Waals surface area contributed by atoms with Crippen LogP contribution >= 0.6 is 0 Å². The minimum atomic E-state index is -0.197. The predicted molar refractivity (Wildman–Crippen MR) is 221 cm³/mol. The molecule has 1 saturated heterocycles. The van der Waals surface area contributed by atoms with Gasteiger partial charge in [-0.05, 0) is 61.4 Å². The molecular weight excluding hydrogens is 685 g/mol. The minimum Gasteiger partial charge on any atom is -0.442 e. The highest BCUT2D eigenvalue weighted by Gasteiger charge is 2.29. The summed E-state index contributed by atoms with van der Waals surface area (Å²) in [6.45, 7) is 5.89. The van der Waals surface area contributed by atoms with Crippen LogP contribution in [0, 0.1) is 11.8 Å². The molecule has 0 amide bonds. The summed E-state index contributed by atoms with van der Waals surface area (Å²) in [5.74, 6) is 0.412. The van der Waals surface area contributed by atoms with Gasteiger partial charge in [-0.25, -0.2) is 4.68 Å². The lowest BCUT2D eigenvalue weighted by Crippen LogP contribution is -2.28. The molecule has 3 aromatic heterocycles. The van der Waals surface area contributed by atoms with Crippen molar-refractivity contribution in [1.29, 1.82) is 0 Å². The summed E-state index contributed by atoms with van der Waals surface area (Å²) in [6, 6.07) is 17.6. The molecule has 4 aromatic rings. The number of hydrogen-bond donors (Lipinski definition) is 0. The quantitative estimate of drug-likeness (QED) is 0.0378. The molecule has 8 nitrogen and oxygen atoms in total. The Kier molecular flexibility index (Phi) is 18.1. The number of hydrogen-bond acceptors (Lipinski definition) is 7. The van der Waals surface area contributed by atoms with Crippen molar-refractivity contribution >= 4 is 11.8 Å². The normalized spacial score (nSPS) is 13.9. The summed E-state index contributed by atoms with van der Waals surface area (Å²) in [5, 5.41) is 4.81. The van der Waals surface area contributed by atoms with Crippen molar-refractivity contribution in [3.63, 3.8) is 0 Å². The van der Waals surface area contributed by atoms with Gasteiger partial charge in [-0.3, -0.25) is 19.6 Å². The number of ether oxygens (including phenoxy) is 2. The minimum absolute atomic E-state index is 0.0194. The van der Waals surface area contributed by atoms with Crippen LogP contribution in [0.4, 0.5) is 0 Å². The molecule has 0 bridgehead atoms. The van der Waals surface area contributed by atoms with E-state index in [1.54, 1.807) is 17.1 Å². The maximum absolute atomic E-state index is 13.5. The van der Waals surface area contributed by atoms with E-state index in [9.17, 15) is 9.59 Å². The van der Waals surface area contributed by atoms with Gasteiger partial charge in [-0.15, -0.1) is 0 Å². The monoisotopic (exact) mass is 748 g/mol. The largest absolute Gasteiger partial charge is 0.442 e. The maximum Gasteiger partial charge on any atom is 0.307 e. The Morgan fingerprint density at radius 1 is 0.745 bits per heavy atom. The lowest BCUT2D eigenvalue weighted by Gasteiger charge is -2.28. The number of rotatable bonds is 25. The van der Waals surface area contributed by atoms with Crippen molar-refractivity contribution in [2.24, 2.45) is 11.8 Å². The van der Waals surface area contributed by atoms with E-state index < -0.39 is 0 Å². The van der Waals surface area contributed by atoms with Gasteiger partial charge in [0.2, 0.25) is 0 Å². The third-order valence-corrected chi connectivity index (χ3v) is 11.2. The summed E-state index contributed by atoms with van der Waals surface area (Å²) >= 11 is 0. The van der Waals surface area contributed by atoms with Crippen LogP contribution in [0.2, 0.25) is 0 Å². The highest BCUT2D eigenvalue weighted by molar-refractivity contribution is 5.98. The Labute approximate surface area is 329 Å². The van der Waals surface area contributed by atoms with E-state index in [2.05, 4.69) is 23.8 Å². The van der Waals surface area contributed by atoms with Crippen LogP contribution in [0.1, 0.15) is 146 Å². The fourth-order valence-corrected chi connectivity index (χ4v) is 7.87. The summed E-state index contributed by atoms with van der Waals surface area (Å²) < 4.78 is 12.9. The van der Waals surface area contributed by atoms with Gasteiger partial charge in [-0.2, -0.15) is 5.10 Å². The molecular formula is C47H64N4O4. The molecule has 55 heavy (non-hydrogen) atoms. The molecule has 1 aliphatic rings. The lowest BCUT2D eigenvalue weighted by atomic mass is 9.79. The molecule has 0 saturated carbocycles. The predicted octanol–water partition coefficient (Wildman–Crippen LogP) is 12.1. The molecule has 0 radical (unpaired) electrons. The zero-order chi connectivity index (χ0) is 38.5. The molecule has 0 aliphatic carbocycles. The van der Waals surface area contributed by atoms with E-state index >= 15 is 0 Å². The van der Waals surface area contributed by atoms with Gasteiger partial charge in [0.05, 0.1) is 11.4 Å². The number of aromatic nitrogens is 4. The van der Waals surface area contributed by atoms with E-state index in [0.717, 1.165) is 79.0 Å². The Morgan fingerprint density at radius 2 is 1.38 bits per heavy atom. The van der Waals surface area contributed by atoms with E-state index in [-0.39, 0.29) is 24.4 Å². The van der Waals surface area contributed by atoms with Gasteiger partial charge >= 0.3 is 5.97 Å². The lowest BCUT2D eigenvalue weighted by molar-refractivity contribution is -0.148. The van der Waals surface area contributed by atoms with Crippen LogP contribution in [-0.2, 0) is 21.0 Å². The second kappa shape index (κ2) is 23.7. The first-order valence-electron chi connectivity index (χ1n) is 21.4. The smallest absolute Gasteiger partial charge is 0.307 e. The number of carbonyl (C=O) groups is 2. The molecule has 5 rings (SSSR count). The van der Waals surface area contributed by atoms with Crippen LogP contribution in [0.15, 0.2) is 73.2 Å². The summed E-state index contributed by atoms with van der Waals surface area (Å²) in [7, 11) is 0. The van der Waals surface area contributed by atoms with Crippen LogP contribution in [0.5, 0.6) is 0 Å². The molecule has 0 spiro atoms. The van der Waals surface area contributed by atoms with Gasteiger partial charge in [0.15, 0.2) is 12.5 Å². The highest BCUT2D eigenvalue weighted by Crippen LogP contribution is 2.33. The summed E-state index contributed by atoms with van der Waals surface area (Å²) in [6.07, 6.45) is 28.0. The van der Waals surface area contributed by atoms with Crippen LogP contribution < -0.4 is 0 Å². The van der Waals surface area contributed by atoms with Gasteiger partial charge in [0, 0.05) is 60.8 Å². The Balaban J connectivity index is 1.10. The first-order valence-corrected chi connectivity index (χ1v) is 21.4. The average molecular weight is 749 g/mol. The first kappa shape index (κ1) is 42.0. The fraction of sp³-hybridized carbons (Fsp3) is 0.553. The molecule has 1 aromatic carbocycles. The molecule has 1 atom stereocenters. The third-order valence-electron chi connectivity index (χ3n) is 11.2. The maximum atomic E-state index is 13.5. The van der Waals surface area contributed by atoms with Crippen molar-refractivity contribution in [1.82, 2.24) is 19.7 Å². The topological polar surface area (TPSA) is 96.2 Å². The molecule has 8 heteroatoms. The Morgan fingerprint density at radius 3 is 2.00 bits per heavy atom. The van der Waals surface area contributed by atoms with Crippen molar-refractivity contribution in [3.05, 3.63) is 78.8 Å². The number of benzene rings is 1. The van der Waals surface area contributed by atoms with E-state index in [1.165, 1.54) is 83.5 Å². The molecule has 1 unspecified atom stereocenters. The fourth-order valence-electron chi connectivity index (χ4n) is 7.87. The summed E-state index contributed by atoms with van der Waals surface area (Å²) in [4.78, 5) is 35.4. The van der Waals surface area contributed by atoms with Gasteiger partial charge in [-0.1, -0.05) is 134 Å². The highest BCUT2D eigenvalue weighted by atomic mass is 16.5. The Hall–Kier alpha value is -4.17. The van der Waals surface area contributed by atoms with E-state index in [1.807, 2.05) is 60.8 Å². The number of unbranched alkanes of at least 4 members (excludes halogenated alkanes) is 14. The molecule has 296 valence electrons.